The topological polar surface area (TPSA) is 58.2 Å². The highest BCUT2D eigenvalue weighted by molar-refractivity contribution is 5.94. The van der Waals surface area contributed by atoms with Crippen LogP contribution in [-0.2, 0) is 0 Å². The van der Waals surface area contributed by atoms with Crippen LogP contribution < -0.4 is 10.6 Å². The molecule has 0 spiro atoms. The molecule has 4 nitrogen and oxygen atoms in total. The fourth-order valence-corrected chi connectivity index (χ4v) is 3.43. The zero-order valence-electron chi connectivity index (χ0n) is 19.5. The monoisotopic (exact) mass is 422 g/mol. The molecule has 0 aliphatic rings. The Balaban J connectivity index is 1.51. The number of carbonyl (C=O) groups is 2. The van der Waals surface area contributed by atoms with Crippen LogP contribution in [0, 0.1) is 0 Å². The number of hydrogen-bond acceptors (Lipinski definition) is 2. The lowest BCUT2D eigenvalue weighted by molar-refractivity contribution is 0.0945. The molecule has 4 heteroatoms. The van der Waals surface area contributed by atoms with Gasteiger partial charge in [-0.05, 0) is 60.1 Å². The van der Waals surface area contributed by atoms with Gasteiger partial charge in [0.05, 0.1) is 0 Å². The molecular formula is C27H38N2O2. The molecule has 0 radical (unpaired) electrons. The summed E-state index contributed by atoms with van der Waals surface area (Å²) >= 11 is 0. The van der Waals surface area contributed by atoms with E-state index in [9.17, 15) is 9.59 Å². The first-order chi connectivity index (χ1) is 14.9. The Morgan fingerprint density at radius 2 is 0.903 bits per heavy atom. The van der Waals surface area contributed by atoms with Gasteiger partial charge in [-0.2, -0.15) is 0 Å². The lowest BCUT2D eigenvalue weighted by Gasteiger charge is -2.09. The van der Waals surface area contributed by atoms with Gasteiger partial charge in [-0.25, -0.2) is 0 Å². The van der Waals surface area contributed by atoms with E-state index in [1.165, 1.54) is 11.1 Å². The molecule has 2 aromatic carbocycles. The minimum Gasteiger partial charge on any atom is -0.352 e. The smallest absolute Gasteiger partial charge is 0.251 e. The van der Waals surface area contributed by atoms with Crippen molar-refractivity contribution in [1.82, 2.24) is 10.6 Å². The molecule has 2 N–H and O–H groups in total. The number of hydrogen-bond donors (Lipinski definition) is 2. The fourth-order valence-electron chi connectivity index (χ4n) is 3.43. The number of amides is 2. The fraction of sp³-hybridized carbons (Fsp3) is 0.481. The van der Waals surface area contributed by atoms with Crippen LogP contribution in [0.25, 0.3) is 0 Å². The van der Waals surface area contributed by atoms with E-state index in [0.29, 0.717) is 24.9 Å². The van der Waals surface area contributed by atoms with Crippen molar-refractivity contribution in [1.29, 1.82) is 0 Å². The Morgan fingerprint density at radius 1 is 0.581 bits per heavy atom. The number of carbonyl (C=O) groups excluding carboxylic acids is 2. The molecule has 0 aliphatic carbocycles. The van der Waals surface area contributed by atoms with Crippen molar-refractivity contribution in [2.24, 2.45) is 0 Å². The van der Waals surface area contributed by atoms with Crippen molar-refractivity contribution in [2.75, 3.05) is 13.1 Å². The maximum Gasteiger partial charge on any atom is 0.251 e. The van der Waals surface area contributed by atoms with E-state index < -0.39 is 0 Å². The van der Waals surface area contributed by atoms with Crippen molar-refractivity contribution >= 4 is 11.8 Å². The van der Waals surface area contributed by atoms with Crippen LogP contribution in [0.5, 0.6) is 0 Å². The van der Waals surface area contributed by atoms with Gasteiger partial charge in [0.1, 0.15) is 0 Å². The summed E-state index contributed by atoms with van der Waals surface area (Å²) in [6, 6.07) is 15.7. The second-order valence-corrected chi connectivity index (χ2v) is 8.83. The predicted octanol–water partition coefficient (Wildman–Crippen LogP) is 6.04. The molecule has 31 heavy (non-hydrogen) atoms. The van der Waals surface area contributed by atoms with E-state index >= 15 is 0 Å². The standard InChI is InChI=1S/C27H38N2O2/c1-20(2)22-10-14-24(15-11-22)26(30)28-18-8-6-5-7-9-19-29-27(31)25-16-12-23(13-17-25)21(3)4/h10-17,20-21H,5-9,18-19H2,1-4H3,(H,28,30)(H,29,31). The highest BCUT2D eigenvalue weighted by Gasteiger charge is 2.07. The highest BCUT2D eigenvalue weighted by atomic mass is 16.2. The molecule has 0 heterocycles. The Labute approximate surface area is 187 Å². The number of unbranched alkanes of at least 4 members (excludes halogenated alkanes) is 4. The van der Waals surface area contributed by atoms with E-state index in [-0.39, 0.29) is 11.8 Å². The second-order valence-electron chi connectivity index (χ2n) is 8.83. The van der Waals surface area contributed by atoms with Gasteiger partial charge >= 0.3 is 0 Å². The van der Waals surface area contributed by atoms with Crippen molar-refractivity contribution in [3.63, 3.8) is 0 Å². The third-order valence-electron chi connectivity index (χ3n) is 5.60. The lowest BCUT2D eigenvalue weighted by atomic mass is 10.0. The molecule has 0 fully saturated rings. The van der Waals surface area contributed by atoms with Gasteiger partial charge in [0, 0.05) is 24.2 Å². The SMILES string of the molecule is CC(C)c1ccc(C(=O)NCCCCCCCNC(=O)c2ccc(C(C)C)cc2)cc1. The van der Waals surface area contributed by atoms with Gasteiger partial charge in [-0.1, -0.05) is 71.2 Å². The summed E-state index contributed by atoms with van der Waals surface area (Å²) in [5.41, 5.74) is 3.94. The van der Waals surface area contributed by atoms with Crippen molar-refractivity contribution in [3.8, 4) is 0 Å². The van der Waals surface area contributed by atoms with Crippen LogP contribution >= 0.6 is 0 Å². The summed E-state index contributed by atoms with van der Waals surface area (Å²) < 4.78 is 0. The third-order valence-corrected chi connectivity index (χ3v) is 5.60. The summed E-state index contributed by atoms with van der Waals surface area (Å²) in [7, 11) is 0. The van der Waals surface area contributed by atoms with Gasteiger partial charge in [-0.15, -0.1) is 0 Å². The summed E-state index contributed by atoms with van der Waals surface area (Å²) in [5, 5.41) is 6.00. The van der Waals surface area contributed by atoms with E-state index in [1.807, 2.05) is 48.5 Å². The summed E-state index contributed by atoms with van der Waals surface area (Å²) in [5.74, 6) is 0.947. The second kappa shape index (κ2) is 12.9. The number of benzene rings is 2. The van der Waals surface area contributed by atoms with E-state index in [4.69, 9.17) is 0 Å². The average Bonchev–Trinajstić information content (AvgIpc) is 2.77. The number of rotatable bonds is 12. The van der Waals surface area contributed by atoms with Crippen molar-refractivity contribution < 1.29 is 9.59 Å². The normalized spacial score (nSPS) is 11.0. The molecule has 0 atom stereocenters. The maximum atomic E-state index is 12.2. The van der Waals surface area contributed by atoms with Gasteiger partial charge < -0.3 is 10.6 Å². The van der Waals surface area contributed by atoms with Gasteiger partial charge in [0.25, 0.3) is 11.8 Å². The first-order valence-corrected chi connectivity index (χ1v) is 11.6. The van der Waals surface area contributed by atoms with E-state index in [1.54, 1.807) is 0 Å². The average molecular weight is 423 g/mol. The van der Waals surface area contributed by atoms with Crippen LogP contribution in [0.15, 0.2) is 48.5 Å². The maximum absolute atomic E-state index is 12.2. The Kier molecular flexibility index (Phi) is 10.3. The molecular weight excluding hydrogens is 384 g/mol. The van der Waals surface area contributed by atoms with Crippen molar-refractivity contribution in [3.05, 3.63) is 70.8 Å². The quantitative estimate of drug-likeness (QED) is 0.409. The minimum absolute atomic E-state index is 0.000514. The van der Waals surface area contributed by atoms with E-state index in [2.05, 4.69) is 38.3 Å². The lowest BCUT2D eigenvalue weighted by Crippen LogP contribution is -2.24. The van der Waals surface area contributed by atoms with Gasteiger partial charge in [0.2, 0.25) is 0 Å². The largest absolute Gasteiger partial charge is 0.352 e. The summed E-state index contributed by atoms with van der Waals surface area (Å²) in [6.45, 7) is 9.99. The molecule has 168 valence electrons. The first kappa shape index (κ1) is 24.6. The molecule has 2 aromatic rings. The van der Waals surface area contributed by atoms with Gasteiger partial charge in [-0.3, -0.25) is 9.59 Å². The van der Waals surface area contributed by atoms with Crippen LogP contribution in [0.3, 0.4) is 0 Å². The van der Waals surface area contributed by atoms with Crippen LogP contribution in [0.2, 0.25) is 0 Å². The Hall–Kier alpha value is -2.62. The molecule has 2 amide bonds. The third kappa shape index (κ3) is 8.56. The molecule has 0 aromatic heterocycles. The molecule has 0 saturated heterocycles. The van der Waals surface area contributed by atoms with Gasteiger partial charge in [0.15, 0.2) is 0 Å². The number of nitrogens with one attached hydrogen (secondary N) is 2. The minimum atomic E-state index is -0.000514. The first-order valence-electron chi connectivity index (χ1n) is 11.6. The molecule has 0 aliphatic heterocycles. The molecule has 0 bridgehead atoms. The predicted molar refractivity (Wildman–Crippen MR) is 129 cm³/mol. The van der Waals surface area contributed by atoms with Crippen LogP contribution in [0.4, 0.5) is 0 Å². The van der Waals surface area contributed by atoms with Crippen LogP contribution in [-0.4, -0.2) is 24.9 Å². The molecule has 2 rings (SSSR count). The summed E-state index contributed by atoms with van der Waals surface area (Å²) in [6.07, 6.45) is 5.22. The van der Waals surface area contributed by atoms with Crippen LogP contribution in [0.1, 0.15) is 103 Å². The molecule has 0 unspecified atom stereocenters. The summed E-state index contributed by atoms with van der Waals surface area (Å²) in [4.78, 5) is 24.4. The highest BCUT2D eigenvalue weighted by Crippen LogP contribution is 2.15. The Bertz CT molecular complexity index is 739. The zero-order valence-corrected chi connectivity index (χ0v) is 19.5. The van der Waals surface area contributed by atoms with Crippen molar-refractivity contribution in [2.45, 2.75) is 71.6 Å². The molecule has 0 saturated carbocycles. The van der Waals surface area contributed by atoms with E-state index in [0.717, 1.165) is 43.2 Å². The Morgan fingerprint density at radius 3 is 1.23 bits per heavy atom. The zero-order chi connectivity index (χ0) is 22.6.